The van der Waals surface area contributed by atoms with Crippen LogP contribution in [0, 0.1) is 22.7 Å². The van der Waals surface area contributed by atoms with Crippen molar-refractivity contribution in [3.05, 3.63) is 308 Å². The summed E-state index contributed by atoms with van der Waals surface area (Å²) in [4.78, 5) is 31.5. The molecular formula is C85H57BN10. The third-order valence-electron chi connectivity index (χ3n) is 18.6. The first kappa shape index (κ1) is 57.1. The van der Waals surface area contributed by atoms with Gasteiger partial charge in [0, 0.05) is 78.3 Å². The highest BCUT2D eigenvalue weighted by Crippen LogP contribution is 2.48. The Labute approximate surface area is 556 Å². The lowest BCUT2D eigenvalue weighted by Gasteiger charge is -2.44. The van der Waals surface area contributed by atoms with Gasteiger partial charge in [0.05, 0.1) is 51.4 Å². The number of anilines is 6. The lowest BCUT2D eigenvalue weighted by molar-refractivity contribution is 0.795. The van der Waals surface area contributed by atoms with Crippen molar-refractivity contribution in [3.8, 4) is 97.0 Å². The van der Waals surface area contributed by atoms with E-state index >= 15 is 0 Å². The average molecular weight is 1230 g/mol. The van der Waals surface area contributed by atoms with E-state index in [1.165, 1.54) is 5.56 Å². The van der Waals surface area contributed by atoms with Gasteiger partial charge in [-0.2, -0.15) is 10.5 Å². The number of benzene rings is 12. The van der Waals surface area contributed by atoms with Crippen LogP contribution in [-0.2, 0) is 6.42 Å². The number of aromatic nitrogens is 6. The lowest BCUT2D eigenvalue weighted by Crippen LogP contribution is -2.61. The molecule has 0 radical (unpaired) electrons. The molecule has 0 aliphatic carbocycles. The van der Waals surface area contributed by atoms with Gasteiger partial charge in [-0.1, -0.05) is 201 Å². The molecule has 12 aromatic carbocycles. The molecule has 0 amide bonds. The fourth-order valence-corrected chi connectivity index (χ4v) is 14.1. The average Bonchev–Trinajstić information content (AvgIpc) is 1.61. The molecule has 5 heterocycles. The van der Waals surface area contributed by atoms with Crippen molar-refractivity contribution in [1.29, 1.82) is 10.5 Å². The number of hydrogen-bond acceptors (Lipinski definition) is 9. The van der Waals surface area contributed by atoms with Crippen molar-refractivity contribution in [3.63, 3.8) is 0 Å². The second-order valence-corrected chi connectivity index (χ2v) is 24.5. The van der Waals surface area contributed by atoms with Crippen LogP contribution in [0.25, 0.3) is 107 Å². The van der Waals surface area contributed by atoms with Crippen molar-refractivity contribution < 1.29 is 0 Å². The second kappa shape index (κ2) is 24.0. The van der Waals surface area contributed by atoms with Crippen molar-refractivity contribution in [2.75, 3.05) is 9.80 Å². The predicted octanol–water partition coefficient (Wildman–Crippen LogP) is 18.6. The van der Waals surface area contributed by atoms with Crippen LogP contribution < -0.4 is 26.2 Å². The topological polar surface area (TPSA) is 123 Å². The highest BCUT2D eigenvalue weighted by atomic mass is 15.2. The Balaban J connectivity index is 0.928. The Morgan fingerprint density at radius 2 is 0.844 bits per heavy atom. The van der Waals surface area contributed by atoms with Gasteiger partial charge in [-0.3, -0.25) is 0 Å². The highest BCUT2D eigenvalue weighted by molar-refractivity contribution is 7.00. The highest BCUT2D eigenvalue weighted by Gasteiger charge is 2.44. The van der Waals surface area contributed by atoms with Gasteiger partial charge in [0.1, 0.15) is 0 Å². The van der Waals surface area contributed by atoms with E-state index in [0.717, 1.165) is 153 Å². The lowest BCUT2D eigenvalue weighted by atomic mass is 9.33. The predicted molar refractivity (Wildman–Crippen MR) is 390 cm³/mol. The molecule has 96 heavy (non-hydrogen) atoms. The summed E-state index contributed by atoms with van der Waals surface area (Å²) in [7, 11) is 0. The molecule has 3 aromatic heterocycles. The number of nitriles is 2. The van der Waals surface area contributed by atoms with Crippen molar-refractivity contribution in [2.24, 2.45) is 0 Å². The molecule has 0 atom stereocenters. The van der Waals surface area contributed by atoms with Crippen LogP contribution in [0.3, 0.4) is 0 Å². The van der Waals surface area contributed by atoms with E-state index in [1.807, 2.05) is 133 Å². The molecule has 0 saturated carbocycles. The largest absolute Gasteiger partial charge is 0.311 e. The second-order valence-electron chi connectivity index (χ2n) is 24.5. The van der Waals surface area contributed by atoms with Crippen molar-refractivity contribution in [1.82, 2.24) is 29.5 Å². The third-order valence-corrected chi connectivity index (χ3v) is 18.6. The quantitative estimate of drug-likeness (QED) is 0.104. The molecule has 0 spiro atoms. The summed E-state index contributed by atoms with van der Waals surface area (Å²) in [5.41, 5.74) is 23.3. The van der Waals surface area contributed by atoms with Gasteiger partial charge in [0.25, 0.3) is 6.71 Å². The summed E-state index contributed by atoms with van der Waals surface area (Å²) >= 11 is 0. The number of rotatable bonds is 13. The number of nitrogens with zero attached hydrogens (tertiary/aromatic N) is 10. The number of para-hydroxylation sites is 2. The summed E-state index contributed by atoms with van der Waals surface area (Å²) in [5, 5.41) is 23.2. The molecule has 17 rings (SSSR count). The summed E-state index contributed by atoms with van der Waals surface area (Å²) < 4.78 is 2.40. The Hall–Kier alpha value is -12.8. The SMILES string of the molecule is CCCCc1ccc2c3cc(-c4cc5c6c(c4)N(c4ccccc4)c4cc(C#N)ccc4B6c4ccc(C#N)cc4N5c4ccccc4)ccc3n(-c3ccc(-c4nc(-c5ccccc5)cc(-c5ccccc5)n4)cc3-c3nc(-c4ccccc4)nc(-c4ccccc4)n3)c2c1. The van der Waals surface area contributed by atoms with Gasteiger partial charge in [-0.15, -0.1) is 0 Å². The van der Waals surface area contributed by atoms with Crippen LogP contribution in [0.1, 0.15) is 36.5 Å². The van der Waals surface area contributed by atoms with E-state index in [9.17, 15) is 10.5 Å². The molecule has 10 nitrogen and oxygen atoms in total. The first-order chi connectivity index (χ1) is 47.4. The van der Waals surface area contributed by atoms with Gasteiger partial charge in [-0.05, 0) is 149 Å². The van der Waals surface area contributed by atoms with E-state index in [2.05, 4.69) is 191 Å². The molecule has 450 valence electrons. The maximum atomic E-state index is 10.5. The summed E-state index contributed by atoms with van der Waals surface area (Å²) in [5.74, 6) is 2.16. The maximum absolute atomic E-state index is 10.5. The minimum atomic E-state index is -0.223. The Bertz CT molecular complexity index is 5370. The van der Waals surface area contributed by atoms with Gasteiger partial charge in [-0.25, -0.2) is 24.9 Å². The van der Waals surface area contributed by atoms with Crippen LogP contribution >= 0.6 is 0 Å². The zero-order valence-electron chi connectivity index (χ0n) is 52.4. The van der Waals surface area contributed by atoms with Crippen LogP contribution in [0.15, 0.2) is 291 Å². The van der Waals surface area contributed by atoms with Crippen LogP contribution in [0.2, 0.25) is 0 Å². The summed E-state index contributed by atoms with van der Waals surface area (Å²) in [6, 6.07) is 106. The van der Waals surface area contributed by atoms with Crippen molar-refractivity contribution in [2.45, 2.75) is 26.2 Å². The monoisotopic (exact) mass is 1230 g/mol. The molecule has 0 saturated heterocycles. The van der Waals surface area contributed by atoms with E-state index < -0.39 is 0 Å². The first-order valence-corrected chi connectivity index (χ1v) is 32.5. The molecule has 11 heteroatoms. The van der Waals surface area contributed by atoms with Crippen molar-refractivity contribution >= 4 is 79.0 Å². The minimum Gasteiger partial charge on any atom is -0.311 e. The Morgan fingerprint density at radius 3 is 1.36 bits per heavy atom. The zero-order chi connectivity index (χ0) is 64.2. The van der Waals surface area contributed by atoms with Gasteiger partial charge in [0.15, 0.2) is 23.3 Å². The summed E-state index contributed by atoms with van der Waals surface area (Å²) in [6.45, 7) is 2.02. The van der Waals surface area contributed by atoms with Crippen LogP contribution in [0.5, 0.6) is 0 Å². The first-order valence-electron chi connectivity index (χ1n) is 32.5. The van der Waals surface area contributed by atoms with Gasteiger partial charge in [0.2, 0.25) is 0 Å². The smallest absolute Gasteiger partial charge is 0.252 e. The number of aryl methyl sites for hydroxylation is 1. The fourth-order valence-electron chi connectivity index (χ4n) is 14.1. The van der Waals surface area contributed by atoms with Gasteiger partial charge < -0.3 is 14.4 Å². The fraction of sp³-hybridized carbons (Fsp3) is 0.0471. The normalized spacial score (nSPS) is 12.1. The molecule has 0 unspecified atom stereocenters. The van der Waals surface area contributed by atoms with E-state index in [1.54, 1.807) is 0 Å². The number of fused-ring (bicyclic) bond motifs is 7. The third kappa shape index (κ3) is 10.0. The number of hydrogen-bond donors (Lipinski definition) is 0. The van der Waals surface area contributed by atoms with Crippen LogP contribution in [0.4, 0.5) is 34.1 Å². The Morgan fingerprint density at radius 1 is 0.354 bits per heavy atom. The maximum Gasteiger partial charge on any atom is 0.252 e. The molecule has 15 aromatic rings. The molecule has 2 aliphatic rings. The molecule has 2 aliphatic heterocycles. The van der Waals surface area contributed by atoms with Gasteiger partial charge >= 0.3 is 0 Å². The number of unbranched alkanes of at least 4 members (excludes halogenated alkanes) is 1. The minimum absolute atomic E-state index is 0.223. The van der Waals surface area contributed by atoms with Crippen LogP contribution in [-0.4, -0.2) is 36.2 Å². The van der Waals surface area contributed by atoms with E-state index in [4.69, 9.17) is 24.9 Å². The zero-order valence-corrected chi connectivity index (χ0v) is 52.4. The molecule has 0 N–H and O–H groups in total. The molecule has 0 fully saturated rings. The van der Waals surface area contributed by atoms with E-state index in [0.29, 0.717) is 34.4 Å². The Kier molecular flexibility index (Phi) is 14.3. The van der Waals surface area contributed by atoms with E-state index in [-0.39, 0.29) is 6.71 Å². The summed E-state index contributed by atoms with van der Waals surface area (Å²) in [6.07, 6.45) is 3.03. The standard InChI is InChI=1S/C85H57BN10/c1-2-3-22-55-35-40-67-68-48-62(64-50-79-81-80(51-64)95(66-33-20-9-21-34-66)78-47-57(54-88)37-42-71(78)86(81)70-41-36-56(53-87)46-77(70)94(79)65-31-18-8-19-32-65)38-43-74(68)96(76(67)45-55)75-44-39-63(84-89-72(58-23-10-4-11-24-58)52-73(90-84)59-25-12-5-13-26-59)49-69(75)85-92-82(60-27-14-6-15-28-60)91-83(93-85)61-29-16-7-17-30-61/h4-21,23-52H,2-3,22H2,1H3. The molecule has 0 bridgehead atoms. The molecular weight excluding hydrogens is 1170 g/mol.